The first-order chi connectivity index (χ1) is 12.2. The van der Waals surface area contributed by atoms with Gasteiger partial charge in [-0.3, -0.25) is 0 Å². The highest BCUT2D eigenvalue weighted by Crippen LogP contribution is 2.19. The van der Waals surface area contributed by atoms with E-state index in [-0.39, 0.29) is 0 Å². The topological polar surface area (TPSA) is 59.1 Å². The van der Waals surface area contributed by atoms with Gasteiger partial charge in [-0.25, -0.2) is 4.98 Å². The number of nitrogens with one attached hydrogen (secondary N) is 2. The third-order valence-electron chi connectivity index (χ3n) is 3.76. The molecule has 2 aromatic carbocycles. The van der Waals surface area contributed by atoms with E-state index in [0.717, 1.165) is 35.9 Å². The average Bonchev–Trinajstić information content (AvgIpc) is 2.63. The Morgan fingerprint density at radius 3 is 2.44 bits per heavy atom. The second kappa shape index (κ2) is 8.15. The van der Waals surface area contributed by atoms with E-state index in [2.05, 4.69) is 44.9 Å². The van der Waals surface area contributed by atoms with Crippen molar-refractivity contribution in [3.8, 4) is 5.75 Å². The van der Waals surface area contributed by atoms with E-state index in [1.807, 2.05) is 43.3 Å². The molecule has 0 bridgehead atoms. The van der Waals surface area contributed by atoms with Crippen LogP contribution in [0, 0.1) is 6.92 Å². The van der Waals surface area contributed by atoms with E-state index in [0.29, 0.717) is 5.95 Å². The lowest BCUT2D eigenvalue weighted by molar-refractivity contribution is 0.415. The van der Waals surface area contributed by atoms with Crippen molar-refractivity contribution in [3.05, 3.63) is 71.9 Å². The smallest absolute Gasteiger partial charge is 0.229 e. The van der Waals surface area contributed by atoms with Crippen LogP contribution in [0.15, 0.2) is 60.7 Å². The van der Waals surface area contributed by atoms with Gasteiger partial charge < -0.3 is 15.4 Å². The second-order valence-corrected chi connectivity index (χ2v) is 5.73. The molecule has 1 heterocycles. The summed E-state index contributed by atoms with van der Waals surface area (Å²) in [6, 6.07) is 20.0. The third-order valence-corrected chi connectivity index (χ3v) is 3.76. The van der Waals surface area contributed by atoms with E-state index < -0.39 is 0 Å². The molecular weight excluding hydrogens is 312 g/mol. The highest BCUT2D eigenvalue weighted by Gasteiger charge is 2.03. The van der Waals surface area contributed by atoms with Gasteiger partial charge in [0.25, 0.3) is 0 Å². The Labute approximate surface area is 148 Å². The molecule has 0 aliphatic heterocycles. The number of hydrogen-bond donors (Lipinski definition) is 2. The maximum Gasteiger partial charge on any atom is 0.229 e. The van der Waals surface area contributed by atoms with Crippen LogP contribution in [0.25, 0.3) is 0 Å². The van der Waals surface area contributed by atoms with Crippen LogP contribution >= 0.6 is 0 Å². The third kappa shape index (κ3) is 4.94. The first-order valence-corrected chi connectivity index (χ1v) is 8.27. The van der Waals surface area contributed by atoms with Crippen LogP contribution < -0.4 is 15.4 Å². The molecule has 0 radical (unpaired) electrons. The average molecular weight is 334 g/mol. The van der Waals surface area contributed by atoms with Gasteiger partial charge in [-0.05, 0) is 43.2 Å². The zero-order valence-electron chi connectivity index (χ0n) is 14.5. The summed E-state index contributed by atoms with van der Waals surface area (Å²) in [5.74, 6) is 2.21. The van der Waals surface area contributed by atoms with E-state index in [9.17, 15) is 0 Å². The van der Waals surface area contributed by atoms with E-state index in [4.69, 9.17) is 4.74 Å². The van der Waals surface area contributed by atoms with Crippen LogP contribution in [0.3, 0.4) is 0 Å². The molecule has 5 nitrogen and oxygen atoms in total. The summed E-state index contributed by atoms with van der Waals surface area (Å²) in [7, 11) is 1.65. The number of aromatic nitrogens is 2. The van der Waals surface area contributed by atoms with Crippen LogP contribution in [0.1, 0.15) is 11.3 Å². The summed E-state index contributed by atoms with van der Waals surface area (Å²) in [6.07, 6.45) is 0.950. The number of benzene rings is 2. The number of ether oxygens (including phenoxy) is 1. The Morgan fingerprint density at radius 2 is 1.72 bits per heavy atom. The number of aryl methyl sites for hydroxylation is 1. The normalized spacial score (nSPS) is 10.3. The Bertz CT molecular complexity index is 804. The SMILES string of the molecule is COc1ccc(Nc2nc(C)cc(NCCc3ccccc3)n2)cc1. The standard InChI is InChI=1S/C20H22N4O/c1-15-14-19(21-13-12-16-6-4-3-5-7-16)24-20(22-15)23-17-8-10-18(25-2)11-9-17/h3-11,14H,12-13H2,1-2H3,(H2,21,22,23,24). The quantitative estimate of drug-likeness (QED) is 0.678. The predicted octanol–water partition coefficient (Wildman–Crippen LogP) is 4.19. The number of anilines is 3. The van der Waals surface area contributed by atoms with Crippen molar-refractivity contribution in [1.82, 2.24) is 9.97 Å². The highest BCUT2D eigenvalue weighted by atomic mass is 16.5. The van der Waals surface area contributed by atoms with Gasteiger partial charge in [0.1, 0.15) is 11.6 Å². The van der Waals surface area contributed by atoms with Gasteiger partial charge >= 0.3 is 0 Å². The number of methoxy groups -OCH3 is 1. The van der Waals surface area contributed by atoms with Gasteiger partial charge in [-0.15, -0.1) is 0 Å². The molecule has 1 aromatic heterocycles. The predicted molar refractivity (Wildman–Crippen MR) is 102 cm³/mol. The Morgan fingerprint density at radius 1 is 0.960 bits per heavy atom. The zero-order chi connectivity index (χ0) is 17.5. The van der Waals surface area contributed by atoms with Crippen molar-refractivity contribution in [3.63, 3.8) is 0 Å². The lowest BCUT2D eigenvalue weighted by atomic mass is 10.1. The summed E-state index contributed by atoms with van der Waals surface area (Å²) in [6.45, 7) is 2.78. The molecule has 0 amide bonds. The Kier molecular flexibility index (Phi) is 5.46. The van der Waals surface area contributed by atoms with Crippen LogP contribution in [-0.2, 0) is 6.42 Å². The summed E-state index contributed by atoms with van der Waals surface area (Å²) < 4.78 is 5.17. The molecule has 0 aliphatic rings. The zero-order valence-corrected chi connectivity index (χ0v) is 14.5. The molecule has 0 spiro atoms. The lowest BCUT2D eigenvalue weighted by Crippen LogP contribution is -2.08. The molecule has 0 saturated heterocycles. The van der Waals surface area contributed by atoms with Gasteiger partial charge in [-0.1, -0.05) is 30.3 Å². The van der Waals surface area contributed by atoms with Crippen molar-refractivity contribution in [2.75, 3.05) is 24.3 Å². The molecule has 5 heteroatoms. The maximum atomic E-state index is 5.17. The monoisotopic (exact) mass is 334 g/mol. The van der Waals surface area contributed by atoms with Crippen LogP contribution in [-0.4, -0.2) is 23.6 Å². The molecule has 0 saturated carbocycles. The largest absolute Gasteiger partial charge is 0.497 e. The van der Waals surface area contributed by atoms with Crippen LogP contribution in [0.4, 0.5) is 17.5 Å². The molecule has 3 rings (SSSR count). The van der Waals surface area contributed by atoms with Gasteiger partial charge in [0.15, 0.2) is 0 Å². The van der Waals surface area contributed by atoms with Crippen molar-refractivity contribution in [2.45, 2.75) is 13.3 Å². The molecule has 0 fully saturated rings. The summed E-state index contributed by atoms with van der Waals surface area (Å²) in [5.41, 5.74) is 3.13. The molecule has 2 N–H and O–H groups in total. The van der Waals surface area contributed by atoms with Crippen molar-refractivity contribution in [2.24, 2.45) is 0 Å². The molecule has 3 aromatic rings. The first-order valence-electron chi connectivity index (χ1n) is 8.27. The summed E-state index contributed by atoms with van der Waals surface area (Å²) in [5, 5.41) is 6.59. The first kappa shape index (κ1) is 16.8. The number of rotatable bonds is 7. The van der Waals surface area contributed by atoms with Crippen LogP contribution in [0.5, 0.6) is 5.75 Å². The van der Waals surface area contributed by atoms with E-state index in [1.54, 1.807) is 7.11 Å². The fourth-order valence-corrected chi connectivity index (χ4v) is 2.50. The molecule has 128 valence electrons. The van der Waals surface area contributed by atoms with Gasteiger partial charge in [0.05, 0.1) is 7.11 Å². The Balaban J connectivity index is 1.63. The minimum atomic E-state index is 0.576. The van der Waals surface area contributed by atoms with Gasteiger partial charge in [0, 0.05) is 24.0 Å². The summed E-state index contributed by atoms with van der Waals surface area (Å²) in [4.78, 5) is 8.98. The number of nitrogens with zero attached hydrogens (tertiary/aromatic N) is 2. The fourth-order valence-electron chi connectivity index (χ4n) is 2.50. The molecular formula is C20H22N4O. The highest BCUT2D eigenvalue weighted by molar-refractivity contribution is 5.56. The minimum absolute atomic E-state index is 0.576. The lowest BCUT2D eigenvalue weighted by Gasteiger charge is -2.10. The Hall–Kier alpha value is -3.08. The van der Waals surface area contributed by atoms with E-state index >= 15 is 0 Å². The van der Waals surface area contributed by atoms with Gasteiger partial charge in [0.2, 0.25) is 5.95 Å². The summed E-state index contributed by atoms with van der Waals surface area (Å²) >= 11 is 0. The van der Waals surface area contributed by atoms with Gasteiger partial charge in [-0.2, -0.15) is 4.98 Å². The molecule has 0 unspecified atom stereocenters. The maximum absolute atomic E-state index is 5.17. The van der Waals surface area contributed by atoms with Crippen LogP contribution in [0.2, 0.25) is 0 Å². The van der Waals surface area contributed by atoms with Crippen molar-refractivity contribution < 1.29 is 4.74 Å². The molecule has 0 aliphatic carbocycles. The van der Waals surface area contributed by atoms with Crippen molar-refractivity contribution >= 4 is 17.5 Å². The number of hydrogen-bond acceptors (Lipinski definition) is 5. The van der Waals surface area contributed by atoms with E-state index in [1.165, 1.54) is 5.56 Å². The molecule has 0 atom stereocenters. The molecule has 25 heavy (non-hydrogen) atoms. The fraction of sp³-hybridized carbons (Fsp3) is 0.200. The van der Waals surface area contributed by atoms with Crippen molar-refractivity contribution in [1.29, 1.82) is 0 Å². The minimum Gasteiger partial charge on any atom is -0.497 e. The second-order valence-electron chi connectivity index (χ2n) is 5.73.